The van der Waals surface area contributed by atoms with Crippen molar-refractivity contribution in [2.24, 2.45) is 0 Å². The van der Waals surface area contributed by atoms with Crippen LogP contribution in [0.3, 0.4) is 0 Å². The van der Waals surface area contributed by atoms with Crippen molar-refractivity contribution in [2.75, 3.05) is 12.4 Å². The Morgan fingerprint density at radius 3 is 2.44 bits per heavy atom. The van der Waals surface area contributed by atoms with Crippen molar-refractivity contribution in [1.82, 2.24) is 14.8 Å². The zero-order chi connectivity index (χ0) is 19.4. The summed E-state index contributed by atoms with van der Waals surface area (Å²) in [7, 11) is 1.56. The summed E-state index contributed by atoms with van der Waals surface area (Å²) in [6.07, 6.45) is 1.04. The second-order valence-electron chi connectivity index (χ2n) is 6.96. The fourth-order valence-corrected chi connectivity index (χ4v) is 2.38. The Bertz CT molecular complexity index is 913. The molecule has 0 saturated carbocycles. The molecule has 7 heteroatoms. The topological polar surface area (TPSA) is 78.3 Å². The van der Waals surface area contributed by atoms with Gasteiger partial charge in [-0.3, -0.25) is 5.32 Å². The van der Waals surface area contributed by atoms with Crippen LogP contribution in [0, 0.1) is 0 Å². The van der Waals surface area contributed by atoms with E-state index in [1.54, 1.807) is 48.3 Å². The lowest BCUT2D eigenvalue weighted by molar-refractivity contribution is 0.215. The highest BCUT2D eigenvalue weighted by atomic mass is 16.6. The molecule has 3 rings (SSSR count). The lowest BCUT2D eigenvalue weighted by atomic mass is 9.92. The molecule has 0 unspecified atom stereocenters. The molecule has 2 heterocycles. The number of amides is 1. The number of carbonyl (C=O) groups is 1. The minimum atomic E-state index is -0.593. The van der Waals surface area contributed by atoms with E-state index < -0.39 is 6.09 Å². The van der Waals surface area contributed by atoms with Gasteiger partial charge in [0.1, 0.15) is 11.6 Å². The Hall–Kier alpha value is -3.35. The number of rotatable bonds is 4. The molecule has 0 bridgehead atoms. The standard InChI is InChI=1S/C20H22N4O3/c1-20(2,3)16-12-17(22-19(25)27-15-8-6-5-7-9-15)24(23-16)14-10-11-18(26-4)21-13-14/h5-13H,1-4H3,(H,22,25). The van der Waals surface area contributed by atoms with Crippen molar-refractivity contribution in [1.29, 1.82) is 0 Å². The zero-order valence-corrected chi connectivity index (χ0v) is 15.8. The Balaban J connectivity index is 1.90. The number of hydrogen-bond donors (Lipinski definition) is 1. The number of methoxy groups -OCH3 is 1. The summed E-state index contributed by atoms with van der Waals surface area (Å²) in [5, 5.41) is 7.39. The molecule has 0 saturated heterocycles. The van der Waals surface area contributed by atoms with E-state index in [1.165, 1.54) is 0 Å². The Morgan fingerprint density at radius 2 is 1.85 bits per heavy atom. The molecule has 7 nitrogen and oxygen atoms in total. The van der Waals surface area contributed by atoms with Gasteiger partial charge in [0, 0.05) is 17.5 Å². The third kappa shape index (κ3) is 4.44. The van der Waals surface area contributed by atoms with Crippen LogP contribution >= 0.6 is 0 Å². The lowest BCUT2D eigenvalue weighted by Gasteiger charge is -2.14. The minimum Gasteiger partial charge on any atom is -0.481 e. The largest absolute Gasteiger partial charge is 0.481 e. The highest BCUT2D eigenvalue weighted by molar-refractivity contribution is 5.85. The van der Waals surface area contributed by atoms with Crippen molar-refractivity contribution in [3.8, 4) is 17.3 Å². The van der Waals surface area contributed by atoms with E-state index in [0.717, 1.165) is 5.69 Å². The summed E-state index contributed by atoms with van der Waals surface area (Å²) < 4.78 is 12.0. The predicted molar refractivity (Wildman–Crippen MR) is 103 cm³/mol. The molecule has 0 fully saturated rings. The molecule has 0 aliphatic carbocycles. The van der Waals surface area contributed by atoms with Crippen molar-refractivity contribution in [2.45, 2.75) is 26.2 Å². The number of ether oxygens (including phenoxy) is 2. The maximum Gasteiger partial charge on any atom is 0.418 e. The van der Waals surface area contributed by atoms with Crippen LogP contribution in [0.25, 0.3) is 5.69 Å². The van der Waals surface area contributed by atoms with Gasteiger partial charge in [-0.15, -0.1) is 0 Å². The Kier molecular flexibility index (Phi) is 5.12. The quantitative estimate of drug-likeness (QED) is 0.749. The van der Waals surface area contributed by atoms with E-state index in [2.05, 4.69) is 36.2 Å². The first-order valence-corrected chi connectivity index (χ1v) is 8.51. The molecule has 0 radical (unpaired) electrons. The Morgan fingerprint density at radius 1 is 1.11 bits per heavy atom. The highest BCUT2D eigenvalue weighted by Gasteiger charge is 2.22. The van der Waals surface area contributed by atoms with Crippen molar-refractivity contribution in [3.05, 3.63) is 60.4 Å². The number of carbonyl (C=O) groups excluding carboxylic acids is 1. The summed E-state index contributed by atoms with van der Waals surface area (Å²) in [4.78, 5) is 16.5. The van der Waals surface area contributed by atoms with Gasteiger partial charge >= 0.3 is 6.09 Å². The van der Waals surface area contributed by atoms with Crippen LogP contribution in [0.4, 0.5) is 10.6 Å². The summed E-state index contributed by atoms with van der Waals surface area (Å²) in [6, 6.07) is 14.3. The van der Waals surface area contributed by atoms with Crippen LogP contribution in [0.2, 0.25) is 0 Å². The van der Waals surface area contributed by atoms with Gasteiger partial charge in [-0.2, -0.15) is 5.10 Å². The van der Waals surface area contributed by atoms with Crippen molar-refractivity contribution >= 4 is 11.9 Å². The molecular formula is C20H22N4O3. The first kappa shape index (κ1) is 18.4. The number of aromatic nitrogens is 3. The Labute approximate surface area is 158 Å². The average molecular weight is 366 g/mol. The fourth-order valence-electron chi connectivity index (χ4n) is 2.38. The molecular weight excluding hydrogens is 344 g/mol. The number of anilines is 1. The van der Waals surface area contributed by atoms with E-state index in [0.29, 0.717) is 23.1 Å². The average Bonchev–Trinajstić information content (AvgIpc) is 3.06. The van der Waals surface area contributed by atoms with E-state index in [1.807, 2.05) is 18.2 Å². The number of para-hydroxylation sites is 1. The summed E-state index contributed by atoms with van der Waals surface area (Å²) in [5.74, 6) is 1.45. The normalized spacial score (nSPS) is 11.1. The number of pyridine rings is 1. The number of nitrogens with one attached hydrogen (secondary N) is 1. The van der Waals surface area contributed by atoms with Crippen LogP contribution in [0.1, 0.15) is 26.5 Å². The molecule has 3 aromatic rings. The molecule has 27 heavy (non-hydrogen) atoms. The van der Waals surface area contributed by atoms with Gasteiger partial charge in [0.05, 0.1) is 24.7 Å². The monoisotopic (exact) mass is 366 g/mol. The van der Waals surface area contributed by atoms with E-state index in [-0.39, 0.29) is 5.41 Å². The molecule has 0 spiro atoms. The van der Waals surface area contributed by atoms with Gasteiger partial charge < -0.3 is 9.47 Å². The van der Waals surface area contributed by atoms with Crippen molar-refractivity contribution < 1.29 is 14.3 Å². The number of benzene rings is 1. The fraction of sp³-hybridized carbons (Fsp3) is 0.250. The molecule has 0 atom stereocenters. The highest BCUT2D eigenvalue weighted by Crippen LogP contribution is 2.26. The molecule has 0 aliphatic rings. The van der Waals surface area contributed by atoms with E-state index in [9.17, 15) is 4.79 Å². The van der Waals surface area contributed by atoms with Gasteiger partial charge in [0.15, 0.2) is 0 Å². The van der Waals surface area contributed by atoms with Gasteiger partial charge in [0.25, 0.3) is 0 Å². The number of hydrogen-bond acceptors (Lipinski definition) is 5. The van der Waals surface area contributed by atoms with Gasteiger partial charge in [-0.25, -0.2) is 14.5 Å². The zero-order valence-electron chi connectivity index (χ0n) is 15.8. The van der Waals surface area contributed by atoms with E-state index in [4.69, 9.17) is 9.47 Å². The third-order valence-corrected chi connectivity index (χ3v) is 3.84. The van der Waals surface area contributed by atoms with E-state index >= 15 is 0 Å². The van der Waals surface area contributed by atoms with Crippen LogP contribution in [-0.2, 0) is 5.41 Å². The SMILES string of the molecule is COc1ccc(-n2nc(C(C)(C)C)cc2NC(=O)Oc2ccccc2)cn1. The van der Waals surface area contributed by atoms with Gasteiger partial charge in [0.2, 0.25) is 5.88 Å². The molecule has 140 valence electrons. The predicted octanol–water partition coefficient (Wildman–Crippen LogP) is 4.18. The number of nitrogens with zero attached hydrogens (tertiary/aromatic N) is 3. The van der Waals surface area contributed by atoms with Crippen LogP contribution in [0.15, 0.2) is 54.7 Å². The molecule has 1 N–H and O–H groups in total. The minimum absolute atomic E-state index is 0.190. The summed E-state index contributed by atoms with van der Waals surface area (Å²) in [5.41, 5.74) is 1.33. The second kappa shape index (κ2) is 7.49. The summed E-state index contributed by atoms with van der Waals surface area (Å²) >= 11 is 0. The van der Waals surface area contributed by atoms with Crippen LogP contribution in [-0.4, -0.2) is 28.0 Å². The molecule has 1 aromatic carbocycles. The third-order valence-electron chi connectivity index (χ3n) is 3.84. The molecule has 1 amide bonds. The van der Waals surface area contributed by atoms with Crippen LogP contribution < -0.4 is 14.8 Å². The molecule has 0 aliphatic heterocycles. The first-order chi connectivity index (χ1) is 12.9. The maximum absolute atomic E-state index is 12.3. The van der Waals surface area contributed by atoms with Crippen molar-refractivity contribution in [3.63, 3.8) is 0 Å². The van der Waals surface area contributed by atoms with Gasteiger partial charge in [-0.05, 0) is 18.2 Å². The van der Waals surface area contributed by atoms with Gasteiger partial charge in [-0.1, -0.05) is 39.0 Å². The van der Waals surface area contributed by atoms with Crippen LogP contribution in [0.5, 0.6) is 11.6 Å². The molecule has 2 aromatic heterocycles. The second-order valence-corrected chi connectivity index (χ2v) is 6.96. The summed E-state index contributed by atoms with van der Waals surface area (Å²) in [6.45, 7) is 6.16. The lowest BCUT2D eigenvalue weighted by Crippen LogP contribution is -2.19. The smallest absolute Gasteiger partial charge is 0.418 e. The first-order valence-electron chi connectivity index (χ1n) is 8.51. The maximum atomic E-state index is 12.3.